The Bertz CT molecular complexity index is 1310. The summed E-state index contributed by atoms with van der Waals surface area (Å²) in [5.41, 5.74) is 3.04. The molecule has 36 heavy (non-hydrogen) atoms. The summed E-state index contributed by atoms with van der Waals surface area (Å²) in [6, 6.07) is 20.3. The fourth-order valence-corrected chi connectivity index (χ4v) is 3.97. The van der Waals surface area contributed by atoms with Crippen molar-refractivity contribution in [1.29, 1.82) is 0 Å². The number of rotatable bonds is 9. The number of amides is 3. The van der Waals surface area contributed by atoms with Crippen LogP contribution in [0.25, 0.3) is 0 Å². The minimum absolute atomic E-state index is 0.0941. The van der Waals surface area contributed by atoms with Crippen LogP contribution in [-0.2, 0) is 16.1 Å². The fraction of sp³-hybridized carbons (Fsp3) is 0.179. The van der Waals surface area contributed by atoms with Crippen molar-refractivity contribution in [2.75, 3.05) is 11.4 Å². The van der Waals surface area contributed by atoms with Crippen molar-refractivity contribution < 1.29 is 23.2 Å². The van der Waals surface area contributed by atoms with Crippen LogP contribution in [0.2, 0.25) is 0 Å². The highest BCUT2D eigenvalue weighted by Gasteiger charge is 2.33. The van der Waals surface area contributed by atoms with Gasteiger partial charge in [0.15, 0.2) is 5.76 Å². The number of furan rings is 2. The van der Waals surface area contributed by atoms with Gasteiger partial charge in [-0.1, -0.05) is 48.0 Å². The van der Waals surface area contributed by atoms with E-state index in [-0.39, 0.29) is 24.8 Å². The summed E-state index contributed by atoms with van der Waals surface area (Å²) in [6.07, 6.45) is 2.91. The molecule has 2 aromatic heterocycles. The van der Waals surface area contributed by atoms with Crippen LogP contribution in [0.4, 0.5) is 5.69 Å². The van der Waals surface area contributed by atoms with Crippen LogP contribution in [0, 0.1) is 13.8 Å². The topological polar surface area (TPSA) is 105 Å². The summed E-state index contributed by atoms with van der Waals surface area (Å²) < 4.78 is 10.5. The highest BCUT2D eigenvalue weighted by Crippen LogP contribution is 2.31. The molecule has 4 rings (SSSR count). The number of benzene rings is 2. The van der Waals surface area contributed by atoms with Crippen molar-refractivity contribution in [2.45, 2.75) is 26.4 Å². The molecule has 0 aliphatic heterocycles. The lowest BCUT2D eigenvalue weighted by Gasteiger charge is -2.32. The van der Waals surface area contributed by atoms with Crippen molar-refractivity contribution in [3.05, 3.63) is 114 Å². The van der Waals surface area contributed by atoms with Gasteiger partial charge >= 0.3 is 0 Å². The molecule has 2 heterocycles. The first-order chi connectivity index (χ1) is 17.4. The molecule has 0 saturated carbocycles. The zero-order valence-electron chi connectivity index (χ0n) is 20.1. The molecule has 0 aliphatic rings. The Morgan fingerprint density at radius 1 is 0.861 bits per heavy atom. The molecule has 0 fully saturated rings. The second-order valence-corrected chi connectivity index (χ2v) is 8.32. The van der Waals surface area contributed by atoms with Gasteiger partial charge in [0.2, 0.25) is 11.8 Å². The van der Waals surface area contributed by atoms with E-state index in [9.17, 15) is 14.4 Å². The van der Waals surface area contributed by atoms with Crippen LogP contribution in [0.3, 0.4) is 0 Å². The maximum absolute atomic E-state index is 13.7. The first-order valence-electron chi connectivity index (χ1n) is 11.5. The third kappa shape index (κ3) is 5.72. The molecule has 0 aliphatic carbocycles. The van der Waals surface area contributed by atoms with Gasteiger partial charge in [0.1, 0.15) is 11.8 Å². The van der Waals surface area contributed by atoms with Crippen LogP contribution in [0.5, 0.6) is 0 Å². The van der Waals surface area contributed by atoms with Crippen molar-refractivity contribution in [2.24, 2.45) is 0 Å². The first-order valence-corrected chi connectivity index (χ1v) is 11.5. The molecule has 1 atom stereocenters. The molecule has 0 saturated heterocycles. The maximum Gasteiger partial charge on any atom is 0.287 e. The summed E-state index contributed by atoms with van der Waals surface area (Å²) >= 11 is 0. The second kappa shape index (κ2) is 11.2. The van der Waals surface area contributed by atoms with Gasteiger partial charge in [-0.15, -0.1) is 0 Å². The van der Waals surface area contributed by atoms with Gasteiger partial charge < -0.3 is 19.5 Å². The van der Waals surface area contributed by atoms with Crippen LogP contribution >= 0.6 is 0 Å². The summed E-state index contributed by atoms with van der Waals surface area (Å²) in [6.45, 7) is 3.67. The molecule has 8 heteroatoms. The smallest absolute Gasteiger partial charge is 0.287 e. The minimum Gasteiger partial charge on any atom is -0.467 e. The van der Waals surface area contributed by atoms with Gasteiger partial charge in [-0.2, -0.15) is 0 Å². The van der Waals surface area contributed by atoms with Crippen LogP contribution < -0.4 is 15.5 Å². The quantitative estimate of drug-likeness (QED) is 0.368. The van der Waals surface area contributed by atoms with E-state index in [0.717, 1.165) is 11.1 Å². The molecule has 2 aromatic carbocycles. The first kappa shape index (κ1) is 24.5. The van der Waals surface area contributed by atoms with E-state index in [4.69, 9.17) is 8.83 Å². The highest BCUT2D eigenvalue weighted by molar-refractivity contribution is 6.04. The minimum atomic E-state index is -0.990. The summed E-state index contributed by atoms with van der Waals surface area (Å²) in [5.74, 6) is -0.679. The zero-order valence-corrected chi connectivity index (χ0v) is 20.1. The third-order valence-corrected chi connectivity index (χ3v) is 5.66. The Morgan fingerprint density at radius 3 is 2.28 bits per heavy atom. The molecular formula is C28H27N3O5. The molecule has 0 bridgehead atoms. The molecule has 2 N–H and O–H groups in total. The average Bonchev–Trinajstić information content (AvgIpc) is 3.60. The molecule has 1 unspecified atom stereocenters. The second-order valence-electron chi connectivity index (χ2n) is 8.32. The molecule has 8 nitrogen and oxygen atoms in total. The number of hydrogen-bond acceptors (Lipinski definition) is 5. The van der Waals surface area contributed by atoms with Crippen molar-refractivity contribution >= 4 is 23.4 Å². The largest absolute Gasteiger partial charge is 0.467 e. The summed E-state index contributed by atoms with van der Waals surface area (Å²) in [5, 5.41) is 5.47. The number of hydrogen-bond donors (Lipinski definition) is 2. The Hall–Kier alpha value is -4.59. The lowest BCUT2D eigenvalue weighted by atomic mass is 10.0. The van der Waals surface area contributed by atoms with Crippen molar-refractivity contribution in [3.63, 3.8) is 0 Å². The normalized spacial score (nSPS) is 11.5. The van der Waals surface area contributed by atoms with E-state index < -0.39 is 17.9 Å². The van der Waals surface area contributed by atoms with Crippen molar-refractivity contribution in [3.8, 4) is 0 Å². The van der Waals surface area contributed by atoms with Gasteiger partial charge in [0.25, 0.3) is 5.91 Å². The number of anilines is 1. The van der Waals surface area contributed by atoms with E-state index in [1.165, 1.54) is 23.5 Å². The molecule has 4 aromatic rings. The predicted octanol–water partition coefficient (Wildman–Crippen LogP) is 4.31. The van der Waals surface area contributed by atoms with E-state index in [2.05, 4.69) is 10.6 Å². The lowest BCUT2D eigenvalue weighted by molar-refractivity contribution is -0.126. The average molecular weight is 486 g/mol. The standard InChI is InChI=1S/C28H27N3O5/c1-19-12-13-23(20(2)16-19)31(25(32)18-30-27(33)24-11-7-15-36-24)26(21-8-4-3-5-9-21)28(34)29-17-22-10-6-14-35-22/h3-16,26H,17-18H2,1-2H3,(H,29,34)(H,30,33). The van der Waals surface area contributed by atoms with E-state index in [0.29, 0.717) is 17.0 Å². The summed E-state index contributed by atoms with van der Waals surface area (Å²) in [4.78, 5) is 41.2. The van der Waals surface area contributed by atoms with Crippen molar-refractivity contribution in [1.82, 2.24) is 10.6 Å². The molecule has 3 amide bonds. The zero-order chi connectivity index (χ0) is 25.5. The molecular weight excluding hydrogens is 458 g/mol. The number of nitrogens with zero attached hydrogens (tertiary/aromatic N) is 1. The third-order valence-electron chi connectivity index (χ3n) is 5.66. The predicted molar refractivity (Wildman–Crippen MR) is 134 cm³/mol. The molecule has 0 radical (unpaired) electrons. The van der Waals surface area contributed by atoms with Gasteiger partial charge in [-0.25, -0.2) is 0 Å². The fourth-order valence-electron chi connectivity index (χ4n) is 3.97. The maximum atomic E-state index is 13.7. The van der Waals surface area contributed by atoms with Crippen LogP contribution in [0.1, 0.15) is 39.0 Å². The Balaban J connectivity index is 1.69. The van der Waals surface area contributed by atoms with E-state index in [1.807, 2.05) is 50.2 Å². The van der Waals surface area contributed by atoms with Gasteiger partial charge in [-0.3, -0.25) is 19.3 Å². The van der Waals surface area contributed by atoms with E-state index in [1.54, 1.807) is 30.3 Å². The van der Waals surface area contributed by atoms with Crippen LogP contribution in [0.15, 0.2) is 94.2 Å². The van der Waals surface area contributed by atoms with E-state index >= 15 is 0 Å². The number of aryl methyl sites for hydroxylation is 2. The van der Waals surface area contributed by atoms with Gasteiger partial charge in [0, 0.05) is 5.69 Å². The van der Waals surface area contributed by atoms with Crippen LogP contribution in [-0.4, -0.2) is 24.3 Å². The summed E-state index contributed by atoms with van der Waals surface area (Å²) in [7, 11) is 0. The number of nitrogens with one attached hydrogen (secondary N) is 2. The Kier molecular flexibility index (Phi) is 7.65. The number of carbonyl (C=O) groups excluding carboxylic acids is 3. The molecule has 0 spiro atoms. The monoisotopic (exact) mass is 485 g/mol. The Labute approximate surface area is 208 Å². The Morgan fingerprint density at radius 2 is 1.61 bits per heavy atom. The van der Waals surface area contributed by atoms with Gasteiger partial charge in [0.05, 0.1) is 25.6 Å². The highest BCUT2D eigenvalue weighted by atomic mass is 16.3. The van der Waals surface area contributed by atoms with Gasteiger partial charge in [-0.05, 0) is 55.3 Å². The molecule has 184 valence electrons. The lowest BCUT2D eigenvalue weighted by Crippen LogP contribution is -2.47. The number of carbonyl (C=O) groups is 3. The SMILES string of the molecule is Cc1ccc(N(C(=O)CNC(=O)c2ccco2)C(C(=O)NCc2ccco2)c2ccccc2)c(C)c1.